The fraction of sp³-hybridized carbons (Fsp3) is 0. The summed E-state index contributed by atoms with van der Waals surface area (Å²) in [6, 6.07) is 82.7. The zero-order valence-corrected chi connectivity index (χ0v) is 35.4. The molecule has 64 heavy (non-hydrogen) atoms. The van der Waals surface area contributed by atoms with Gasteiger partial charge in [0.15, 0.2) is 0 Å². The van der Waals surface area contributed by atoms with E-state index in [1.165, 1.54) is 108 Å². The van der Waals surface area contributed by atoms with Crippen LogP contribution in [-0.4, -0.2) is 13.7 Å². The van der Waals surface area contributed by atoms with E-state index in [4.69, 9.17) is 0 Å². The first kappa shape index (κ1) is 35.4. The molecule has 10 aromatic carbocycles. The molecule has 0 aliphatic heterocycles. The van der Waals surface area contributed by atoms with Gasteiger partial charge >= 0.3 is 0 Å². The summed E-state index contributed by atoms with van der Waals surface area (Å²) in [7, 11) is 0. The van der Waals surface area contributed by atoms with Crippen molar-refractivity contribution in [3.8, 4) is 39.3 Å². The van der Waals surface area contributed by atoms with E-state index >= 15 is 0 Å². The number of rotatable bonds is 5. The molecule has 0 saturated carbocycles. The molecule has 0 saturated heterocycles. The standard InChI is InChI=1S/C60H37N3S/c1-5-15-38(16-6-1)41-25-28-48-54(37-41)62(43-19-9-3-10-20-43)52-32-29-46-47-30-33-53-58(60(47)63(59(46)57(48)52)44-21-11-4-12-22-44)50-36-39(26-31-51(50)61(53)42-17-7-2-8-18-42)40-27-34-56-49(35-40)45-23-13-14-24-55(45)64-56/h1-37H. The molecule has 3 nitrogen and oxygen atoms in total. The van der Waals surface area contributed by atoms with Crippen molar-refractivity contribution >= 4 is 96.9 Å². The van der Waals surface area contributed by atoms with E-state index in [0.717, 1.165) is 17.1 Å². The Hall–Kier alpha value is -8.18. The van der Waals surface area contributed by atoms with Gasteiger partial charge in [-0.1, -0.05) is 140 Å². The van der Waals surface area contributed by atoms with E-state index in [0.29, 0.717) is 0 Å². The van der Waals surface area contributed by atoms with Crippen molar-refractivity contribution in [2.75, 3.05) is 0 Å². The van der Waals surface area contributed by atoms with E-state index < -0.39 is 0 Å². The highest BCUT2D eigenvalue weighted by atomic mass is 32.1. The van der Waals surface area contributed by atoms with Crippen molar-refractivity contribution in [2.24, 2.45) is 0 Å². The van der Waals surface area contributed by atoms with E-state index in [-0.39, 0.29) is 0 Å². The fourth-order valence-electron chi connectivity index (χ4n) is 10.6. The Morgan fingerprint density at radius 3 is 1.36 bits per heavy atom. The van der Waals surface area contributed by atoms with Gasteiger partial charge in [0.2, 0.25) is 0 Å². The van der Waals surface area contributed by atoms with Crippen LogP contribution >= 0.6 is 11.3 Å². The molecule has 14 rings (SSSR count). The van der Waals surface area contributed by atoms with Gasteiger partial charge in [-0.25, -0.2) is 0 Å². The molecule has 4 heteroatoms. The molecule has 298 valence electrons. The lowest BCUT2D eigenvalue weighted by atomic mass is 10.00. The topological polar surface area (TPSA) is 14.8 Å². The van der Waals surface area contributed by atoms with Crippen molar-refractivity contribution in [3.05, 3.63) is 224 Å². The summed E-state index contributed by atoms with van der Waals surface area (Å²) in [6.07, 6.45) is 0. The van der Waals surface area contributed by atoms with Gasteiger partial charge < -0.3 is 13.7 Å². The van der Waals surface area contributed by atoms with Crippen molar-refractivity contribution in [1.82, 2.24) is 13.7 Å². The zero-order valence-electron chi connectivity index (χ0n) is 34.6. The first-order chi connectivity index (χ1) is 31.8. The van der Waals surface area contributed by atoms with Crippen molar-refractivity contribution < 1.29 is 0 Å². The fourth-order valence-corrected chi connectivity index (χ4v) is 11.7. The van der Waals surface area contributed by atoms with Crippen molar-refractivity contribution in [3.63, 3.8) is 0 Å². The summed E-state index contributed by atoms with van der Waals surface area (Å²) in [5.74, 6) is 0. The van der Waals surface area contributed by atoms with Crippen LogP contribution in [0.25, 0.3) is 125 Å². The van der Waals surface area contributed by atoms with Crippen LogP contribution in [-0.2, 0) is 0 Å². The predicted octanol–water partition coefficient (Wildman–Crippen LogP) is 16.7. The first-order valence-corrected chi connectivity index (χ1v) is 22.7. The lowest BCUT2D eigenvalue weighted by molar-refractivity contribution is 1.17. The van der Waals surface area contributed by atoms with Crippen molar-refractivity contribution in [2.45, 2.75) is 0 Å². The molecule has 14 aromatic rings. The average molecular weight is 832 g/mol. The number of fused-ring (bicyclic) bond motifs is 14. The highest BCUT2D eigenvalue weighted by Crippen LogP contribution is 2.47. The third-order valence-corrected chi connectivity index (χ3v) is 14.6. The highest BCUT2D eigenvalue weighted by Gasteiger charge is 2.25. The molecule has 0 aliphatic rings. The van der Waals surface area contributed by atoms with E-state index in [2.05, 4.69) is 238 Å². The Kier molecular flexibility index (Phi) is 7.56. The number of aromatic nitrogens is 3. The summed E-state index contributed by atoms with van der Waals surface area (Å²) in [6.45, 7) is 0. The molecule has 0 spiro atoms. The number of para-hydroxylation sites is 3. The second-order valence-corrected chi connectivity index (χ2v) is 17.9. The highest BCUT2D eigenvalue weighted by molar-refractivity contribution is 7.25. The number of thiophene rings is 1. The molecule has 4 aromatic heterocycles. The molecule has 0 N–H and O–H groups in total. The van der Waals surface area contributed by atoms with Crippen LogP contribution in [0.15, 0.2) is 224 Å². The molecule has 0 atom stereocenters. The largest absolute Gasteiger partial charge is 0.309 e. The van der Waals surface area contributed by atoms with Gasteiger partial charge in [-0.2, -0.15) is 0 Å². The Morgan fingerprint density at radius 1 is 0.250 bits per heavy atom. The monoisotopic (exact) mass is 831 g/mol. The predicted molar refractivity (Wildman–Crippen MR) is 273 cm³/mol. The van der Waals surface area contributed by atoms with E-state index in [9.17, 15) is 0 Å². The molecule has 0 bridgehead atoms. The molecule has 0 fully saturated rings. The summed E-state index contributed by atoms with van der Waals surface area (Å²) in [4.78, 5) is 0. The van der Waals surface area contributed by atoms with Crippen LogP contribution in [0.2, 0.25) is 0 Å². The number of nitrogens with zero attached hydrogens (tertiary/aromatic N) is 3. The Morgan fingerprint density at radius 2 is 0.703 bits per heavy atom. The van der Waals surface area contributed by atoms with Gasteiger partial charge in [0, 0.05) is 69.6 Å². The maximum atomic E-state index is 2.57. The van der Waals surface area contributed by atoms with Crippen LogP contribution in [0.5, 0.6) is 0 Å². The third-order valence-electron chi connectivity index (χ3n) is 13.4. The van der Waals surface area contributed by atoms with E-state index in [1.54, 1.807) is 0 Å². The minimum atomic E-state index is 1.13. The summed E-state index contributed by atoms with van der Waals surface area (Å²) < 4.78 is 10.1. The Labute approximate surface area is 372 Å². The normalized spacial score (nSPS) is 12.1. The molecule has 0 amide bonds. The average Bonchev–Trinajstić information content (AvgIpc) is 4.10. The van der Waals surface area contributed by atoms with Crippen molar-refractivity contribution in [1.29, 1.82) is 0 Å². The molecule has 0 aliphatic carbocycles. The molecular formula is C60H37N3S. The zero-order chi connectivity index (χ0) is 41.9. The summed E-state index contributed by atoms with van der Waals surface area (Å²) >= 11 is 1.87. The molecule has 4 heterocycles. The number of hydrogen-bond donors (Lipinski definition) is 0. The summed E-state index contributed by atoms with van der Waals surface area (Å²) in [5.41, 5.74) is 15.4. The minimum absolute atomic E-state index is 1.13. The van der Waals surface area contributed by atoms with Crippen LogP contribution in [0, 0.1) is 0 Å². The molecular weight excluding hydrogens is 795 g/mol. The lowest BCUT2D eigenvalue weighted by Gasteiger charge is -2.11. The SMILES string of the molecule is c1ccc(-c2ccc3c4c(ccc5c6ccc7c(c8cc(-c9ccc%10sc%11ccccc%11c%10c9)ccc8n7-c7ccccc7)c6n(-c6ccccc6)c54)n(-c4ccccc4)c3c2)cc1. The Bertz CT molecular complexity index is 4150. The van der Waals surface area contributed by atoms with Crippen LogP contribution in [0.4, 0.5) is 0 Å². The van der Waals surface area contributed by atoms with Gasteiger partial charge in [0.1, 0.15) is 0 Å². The smallest absolute Gasteiger partial charge is 0.0641 e. The Balaban J connectivity index is 1.14. The van der Waals surface area contributed by atoms with Gasteiger partial charge in [-0.15, -0.1) is 11.3 Å². The number of hydrogen-bond acceptors (Lipinski definition) is 1. The van der Waals surface area contributed by atoms with E-state index in [1.807, 2.05) is 11.3 Å². The van der Waals surface area contributed by atoms with Crippen LogP contribution in [0.3, 0.4) is 0 Å². The van der Waals surface area contributed by atoms with Crippen LogP contribution < -0.4 is 0 Å². The van der Waals surface area contributed by atoms with Gasteiger partial charge in [-0.05, 0) is 107 Å². The third kappa shape index (κ3) is 5.09. The van der Waals surface area contributed by atoms with Gasteiger partial charge in [0.25, 0.3) is 0 Å². The summed E-state index contributed by atoms with van der Waals surface area (Å²) in [5, 5.41) is 10.0. The maximum Gasteiger partial charge on any atom is 0.0641 e. The molecule has 0 unspecified atom stereocenters. The second kappa shape index (κ2) is 13.7. The maximum absolute atomic E-state index is 2.57. The van der Waals surface area contributed by atoms with Gasteiger partial charge in [0.05, 0.1) is 33.1 Å². The first-order valence-electron chi connectivity index (χ1n) is 21.9. The second-order valence-electron chi connectivity index (χ2n) is 16.9. The van der Waals surface area contributed by atoms with Crippen LogP contribution in [0.1, 0.15) is 0 Å². The quantitative estimate of drug-likeness (QED) is 0.164. The number of benzene rings is 10. The lowest BCUT2D eigenvalue weighted by Crippen LogP contribution is -1.96. The molecule has 0 radical (unpaired) electrons. The van der Waals surface area contributed by atoms with Gasteiger partial charge in [-0.3, -0.25) is 0 Å². The minimum Gasteiger partial charge on any atom is -0.309 e.